The van der Waals surface area contributed by atoms with Crippen molar-refractivity contribution in [1.29, 1.82) is 0 Å². The molecule has 2 aromatic carbocycles. The van der Waals surface area contributed by atoms with E-state index in [0.29, 0.717) is 17.1 Å². The summed E-state index contributed by atoms with van der Waals surface area (Å²) >= 11 is 0. The molecule has 0 fully saturated rings. The van der Waals surface area contributed by atoms with Crippen LogP contribution in [0.1, 0.15) is 15.9 Å². The van der Waals surface area contributed by atoms with Crippen LogP contribution in [-0.4, -0.2) is 12.7 Å². The van der Waals surface area contributed by atoms with Crippen molar-refractivity contribution in [1.82, 2.24) is 5.32 Å². The lowest BCUT2D eigenvalue weighted by Crippen LogP contribution is -2.23. The second-order valence-corrected chi connectivity index (χ2v) is 4.49. The molecule has 0 unspecified atom stereocenters. The van der Waals surface area contributed by atoms with E-state index in [2.05, 4.69) is 5.32 Å². The van der Waals surface area contributed by atoms with Gasteiger partial charge < -0.3 is 14.8 Å². The van der Waals surface area contributed by atoms with Gasteiger partial charge in [-0.3, -0.25) is 4.79 Å². The molecule has 4 nitrogen and oxygen atoms in total. The number of carbonyl (C=O) groups is 1. The van der Waals surface area contributed by atoms with Crippen LogP contribution < -0.4 is 14.8 Å². The normalized spacial score (nSPS) is 12.3. The third kappa shape index (κ3) is 2.79. The summed E-state index contributed by atoms with van der Waals surface area (Å²) in [5.74, 6) is -0.467. The average Bonchev–Trinajstić information content (AvgIpc) is 2.95. The molecule has 0 spiro atoms. The van der Waals surface area contributed by atoms with Gasteiger partial charge in [0.25, 0.3) is 5.91 Å². The molecule has 2 aromatic rings. The highest BCUT2D eigenvalue weighted by Gasteiger charge is 2.16. The highest BCUT2D eigenvalue weighted by molar-refractivity contribution is 5.94. The van der Waals surface area contributed by atoms with Crippen LogP contribution in [0.4, 0.5) is 8.78 Å². The Kier molecular flexibility index (Phi) is 3.43. The summed E-state index contributed by atoms with van der Waals surface area (Å²) in [6.45, 7) is 0.0196. The number of rotatable bonds is 3. The monoisotopic (exact) mass is 291 g/mol. The van der Waals surface area contributed by atoms with Gasteiger partial charge >= 0.3 is 0 Å². The fraction of sp³-hybridized carbons (Fsp3) is 0.133. The molecule has 108 valence electrons. The van der Waals surface area contributed by atoms with Gasteiger partial charge in [-0.25, -0.2) is 8.78 Å². The first kappa shape index (κ1) is 13.4. The molecular weight excluding hydrogens is 280 g/mol. The van der Waals surface area contributed by atoms with Crippen LogP contribution in [0.5, 0.6) is 11.5 Å². The Morgan fingerprint density at radius 2 is 1.90 bits per heavy atom. The van der Waals surface area contributed by atoms with E-state index in [0.717, 1.165) is 18.2 Å². The zero-order valence-corrected chi connectivity index (χ0v) is 10.9. The Hall–Kier alpha value is -2.63. The molecule has 21 heavy (non-hydrogen) atoms. The van der Waals surface area contributed by atoms with Crippen molar-refractivity contribution >= 4 is 5.91 Å². The Morgan fingerprint density at radius 1 is 1.10 bits per heavy atom. The number of hydrogen-bond acceptors (Lipinski definition) is 3. The van der Waals surface area contributed by atoms with E-state index in [9.17, 15) is 13.6 Å². The Bertz CT molecular complexity index is 703. The number of hydrogen-bond donors (Lipinski definition) is 1. The van der Waals surface area contributed by atoms with E-state index in [1.165, 1.54) is 0 Å². The molecule has 0 aliphatic carbocycles. The summed E-state index contributed by atoms with van der Waals surface area (Å²) < 4.78 is 36.8. The molecule has 1 heterocycles. The molecule has 0 saturated carbocycles. The molecule has 3 rings (SSSR count). The number of fused-ring (bicyclic) bond motifs is 1. The van der Waals surface area contributed by atoms with Crippen molar-refractivity contribution in [3.63, 3.8) is 0 Å². The lowest BCUT2D eigenvalue weighted by Gasteiger charge is -2.07. The van der Waals surface area contributed by atoms with Crippen molar-refractivity contribution < 1.29 is 23.0 Å². The first-order valence-electron chi connectivity index (χ1n) is 6.25. The maximum atomic E-state index is 13.4. The van der Waals surface area contributed by atoms with E-state index in [1.54, 1.807) is 18.2 Å². The van der Waals surface area contributed by atoms with Crippen LogP contribution in [-0.2, 0) is 6.54 Å². The summed E-state index contributed by atoms with van der Waals surface area (Å²) in [5, 5.41) is 2.53. The summed E-state index contributed by atoms with van der Waals surface area (Å²) in [4.78, 5) is 12.0. The smallest absolute Gasteiger partial charge is 0.251 e. The number of benzene rings is 2. The summed E-state index contributed by atoms with van der Waals surface area (Å²) in [6.07, 6.45) is 0. The number of nitrogens with one attached hydrogen (secondary N) is 1. The van der Waals surface area contributed by atoms with Crippen LogP contribution >= 0.6 is 0 Å². The van der Waals surface area contributed by atoms with Gasteiger partial charge in [0.1, 0.15) is 11.6 Å². The predicted octanol–water partition coefficient (Wildman–Crippen LogP) is 2.62. The van der Waals surface area contributed by atoms with Crippen LogP contribution in [0.3, 0.4) is 0 Å². The van der Waals surface area contributed by atoms with Crippen LogP contribution in [0.15, 0.2) is 36.4 Å². The summed E-state index contributed by atoms with van der Waals surface area (Å²) in [6, 6.07) is 7.84. The first-order chi connectivity index (χ1) is 10.1. The van der Waals surface area contributed by atoms with Gasteiger partial charge in [0, 0.05) is 17.7 Å². The highest BCUT2D eigenvalue weighted by Crippen LogP contribution is 2.32. The minimum Gasteiger partial charge on any atom is -0.454 e. The molecular formula is C15H11F2NO3. The summed E-state index contributed by atoms with van der Waals surface area (Å²) in [5.41, 5.74) is 0.445. The third-order valence-corrected chi connectivity index (χ3v) is 3.08. The second kappa shape index (κ2) is 5.40. The maximum absolute atomic E-state index is 13.4. The molecule has 1 aliphatic heterocycles. The molecule has 0 saturated heterocycles. The van der Waals surface area contributed by atoms with Crippen molar-refractivity contribution in [3.8, 4) is 11.5 Å². The number of carbonyl (C=O) groups excluding carboxylic acids is 1. The number of halogens is 2. The Morgan fingerprint density at radius 3 is 2.76 bits per heavy atom. The van der Waals surface area contributed by atoms with Crippen molar-refractivity contribution in [2.24, 2.45) is 0 Å². The molecule has 1 aliphatic rings. The van der Waals surface area contributed by atoms with Gasteiger partial charge in [0.05, 0.1) is 0 Å². The number of amides is 1. The average molecular weight is 291 g/mol. The molecule has 0 radical (unpaired) electrons. The van der Waals surface area contributed by atoms with Gasteiger partial charge in [-0.1, -0.05) is 0 Å². The SMILES string of the molecule is O=C(NCc1cc(F)ccc1F)c1ccc2c(c1)OCO2. The van der Waals surface area contributed by atoms with E-state index in [-0.39, 0.29) is 18.9 Å². The number of ether oxygens (including phenoxy) is 2. The molecule has 0 bridgehead atoms. The van der Waals surface area contributed by atoms with Crippen molar-refractivity contribution in [2.45, 2.75) is 6.54 Å². The molecule has 1 N–H and O–H groups in total. The maximum Gasteiger partial charge on any atom is 0.251 e. The van der Waals surface area contributed by atoms with Crippen LogP contribution in [0.25, 0.3) is 0 Å². The first-order valence-corrected chi connectivity index (χ1v) is 6.25. The van der Waals surface area contributed by atoms with Crippen LogP contribution in [0.2, 0.25) is 0 Å². The van der Waals surface area contributed by atoms with Gasteiger partial charge in [0.15, 0.2) is 11.5 Å². The van der Waals surface area contributed by atoms with E-state index < -0.39 is 17.5 Å². The van der Waals surface area contributed by atoms with Gasteiger partial charge in [0.2, 0.25) is 6.79 Å². The van der Waals surface area contributed by atoms with Gasteiger partial charge in [-0.2, -0.15) is 0 Å². The second-order valence-electron chi connectivity index (χ2n) is 4.49. The quantitative estimate of drug-likeness (QED) is 0.945. The van der Waals surface area contributed by atoms with E-state index in [4.69, 9.17) is 9.47 Å². The molecule has 0 atom stereocenters. The lowest BCUT2D eigenvalue weighted by molar-refractivity contribution is 0.0950. The molecule has 6 heteroatoms. The third-order valence-electron chi connectivity index (χ3n) is 3.08. The summed E-state index contributed by atoms with van der Waals surface area (Å²) in [7, 11) is 0. The van der Waals surface area contributed by atoms with Gasteiger partial charge in [-0.05, 0) is 36.4 Å². The molecule has 0 aromatic heterocycles. The highest BCUT2D eigenvalue weighted by atomic mass is 19.1. The molecule has 1 amide bonds. The lowest BCUT2D eigenvalue weighted by atomic mass is 10.1. The minimum atomic E-state index is -0.567. The topological polar surface area (TPSA) is 47.6 Å². The minimum absolute atomic E-state index is 0.0871. The van der Waals surface area contributed by atoms with Crippen molar-refractivity contribution in [3.05, 3.63) is 59.2 Å². The zero-order valence-electron chi connectivity index (χ0n) is 10.9. The van der Waals surface area contributed by atoms with E-state index in [1.807, 2.05) is 0 Å². The van der Waals surface area contributed by atoms with E-state index >= 15 is 0 Å². The Balaban J connectivity index is 1.70. The van der Waals surface area contributed by atoms with Gasteiger partial charge in [-0.15, -0.1) is 0 Å². The standard InChI is InChI=1S/C15H11F2NO3/c16-11-2-3-12(17)10(5-11)7-18-15(19)9-1-4-13-14(6-9)21-8-20-13/h1-6H,7-8H2,(H,18,19). The predicted molar refractivity (Wildman–Crippen MR) is 70.1 cm³/mol. The fourth-order valence-electron chi connectivity index (χ4n) is 1.99. The van der Waals surface area contributed by atoms with Crippen molar-refractivity contribution in [2.75, 3.05) is 6.79 Å². The largest absolute Gasteiger partial charge is 0.454 e. The Labute approximate surface area is 119 Å². The fourth-order valence-corrected chi connectivity index (χ4v) is 1.99. The van der Waals surface area contributed by atoms with Crippen LogP contribution in [0, 0.1) is 11.6 Å². The zero-order chi connectivity index (χ0) is 14.8.